The molecule has 106 valence electrons. The van der Waals surface area contributed by atoms with Crippen LogP contribution in [0.4, 0.5) is 10.6 Å². The highest BCUT2D eigenvalue weighted by atomic mass is 16.2. The summed E-state index contributed by atoms with van der Waals surface area (Å²) >= 11 is 0. The molecule has 2 heterocycles. The highest BCUT2D eigenvalue weighted by molar-refractivity contribution is 5.89. The minimum Gasteiger partial charge on any atom is -0.345 e. The van der Waals surface area contributed by atoms with Gasteiger partial charge in [-0.2, -0.15) is 0 Å². The summed E-state index contributed by atoms with van der Waals surface area (Å²) in [5.74, 6) is 0.467. The number of carbonyl (C=O) groups excluding carboxylic acids is 1. The van der Waals surface area contributed by atoms with E-state index in [2.05, 4.69) is 32.5 Å². The second kappa shape index (κ2) is 5.11. The van der Waals surface area contributed by atoms with E-state index < -0.39 is 0 Å². The topological polar surface area (TPSA) is 82.7 Å². The minimum atomic E-state index is -0.210. The summed E-state index contributed by atoms with van der Waals surface area (Å²) in [6.07, 6.45) is 9.00. The summed E-state index contributed by atoms with van der Waals surface area (Å²) in [5, 5.41) is 5.82. The third kappa shape index (κ3) is 2.74. The Hall–Kier alpha value is -2.11. The highest BCUT2D eigenvalue weighted by Gasteiger charge is 2.28. The fraction of sp³-hybridized carbons (Fsp3) is 0.500. The van der Waals surface area contributed by atoms with Crippen molar-refractivity contribution in [2.45, 2.75) is 44.6 Å². The fourth-order valence-corrected chi connectivity index (χ4v) is 2.77. The number of nitrogens with zero attached hydrogens (tertiary/aromatic N) is 2. The lowest BCUT2D eigenvalue weighted by molar-refractivity contribution is 0.221. The summed E-state index contributed by atoms with van der Waals surface area (Å²) in [4.78, 5) is 23.6. The largest absolute Gasteiger partial charge is 0.345 e. The number of fused-ring (bicyclic) bond motifs is 1. The number of aromatic amines is 1. The number of anilines is 1. The SMILES string of the molecule is CC1(NC(=O)Nc2cnc3[nH]ccc3n2)CCCCC1. The summed E-state index contributed by atoms with van der Waals surface area (Å²) < 4.78 is 0. The van der Waals surface area contributed by atoms with E-state index in [1.165, 1.54) is 19.3 Å². The molecule has 1 aliphatic rings. The molecule has 2 aromatic heterocycles. The average Bonchev–Trinajstić information content (AvgIpc) is 2.86. The van der Waals surface area contributed by atoms with Gasteiger partial charge < -0.3 is 10.3 Å². The molecular weight excluding hydrogens is 254 g/mol. The third-order valence-electron chi connectivity index (χ3n) is 3.87. The molecule has 2 amide bonds. The first-order valence-corrected chi connectivity index (χ1v) is 7.04. The molecule has 1 fully saturated rings. The van der Waals surface area contributed by atoms with Crippen molar-refractivity contribution in [3.05, 3.63) is 18.5 Å². The first-order valence-electron chi connectivity index (χ1n) is 7.04. The van der Waals surface area contributed by atoms with Gasteiger partial charge in [0.15, 0.2) is 11.5 Å². The van der Waals surface area contributed by atoms with Gasteiger partial charge >= 0.3 is 6.03 Å². The van der Waals surface area contributed by atoms with Crippen molar-refractivity contribution in [2.24, 2.45) is 0 Å². The van der Waals surface area contributed by atoms with Crippen LogP contribution in [-0.4, -0.2) is 26.5 Å². The molecule has 3 N–H and O–H groups in total. The number of urea groups is 1. The Labute approximate surface area is 117 Å². The molecule has 1 saturated carbocycles. The summed E-state index contributed by atoms with van der Waals surface area (Å²) in [6, 6.07) is 1.62. The lowest BCUT2D eigenvalue weighted by Gasteiger charge is -2.34. The van der Waals surface area contributed by atoms with Gasteiger partial charge in [-0.05, 0) is 25.8 Å². The number of hydrogen-bond acceptors (Lipinski definition) is 3. The molecule has 0 atom stereocenters. The molecule has 0 unspecified atom stereocenters. The molecule has 0 radical (unpaired) electrons. The first-order chi connectivity index (χ1) is 9.65. The summed E-state index contributed by atoms with van der Waals surface area (Å²) in [5.41, 5.74) is 1.36. The van der Waals surface area contributed by atoms with Crippen molar-refractivity contribution in [1.29, 1.82) is 0 Å². The second-order valence-electron chi connectivity index (χ2n) is 5.67. The van der Waals surface area contributed by atoms with E-state index in [-0.39, 0.29) is 11.6 Å². The third-order valence-corrected chi connectivity index (χ3v) is 3.87. The van der Waals surface area contributed by atoms with Crippen LogP contribution in [0.1, 0.15) is 39.0 Å². The molecule has 0 aliphatic heterocycles. The van der Waals surface area contributed by atoms with E-state index in [1.54, 1.807) is 12.4 Å². The fourth-order valence-electron chi connectivity index (χ4n) is 2.77. The molecule has 6 heteroatoms. The maximum Gasteiger partial charge on any atom is 0.320 e. The Morgan fingerprint density at radius 1 is 1.35 bits per heavy atom. The van der Waals surface area contributed by atoms with Crippen molar-refractivity contribution in [3.8, 4) is 0 Å². The Morgan fingerprint density at radius 2 is 2.15 bits per heavy atom. The Bertz CT molecular complexity index is 615. The Kier molecular flexibility index (Phi) is 3.30. The monoisotopic (exact) mass is 273 g/mol. The van der Waals surface area contributed by atoms with Gasteiger partial charge in [0.1, 0.15) is 5.52 Å². The van der Waals surface area contributed by atoms with Crippen LogP contribution < -0.4 is 10.6 Å². The standard InChI is InChI=1S/C14H19N5O/c1-14(6-3-2-4-7-14)19-13(20)18-11-9-16-12-10(17-11)5-8-15-12/h5,8-9H,2-4,6-7H2,1H3,(H,15,16)(H2,17,18,19,20). The maximum atomic E-state index is 12.1. The van der Waals surface area contributed by atoms with Crippen LogP contribution in [0.15, 0.2) is 18.5 Å². The molecule has 0 saturated heterocycles. The molecular formula is C14H19N5O. The normalized spacial score (nSPS) is 17.9. The Morgan fingerprint density at radius 3 is 2.95 bits per heavy atom. The quantitative estimate of drug-likeness (QED) is 0.786. The minimum absolute atomic E-state index is 0.103. The van der Waals surface area contributed by atoms with Gasteiger partial charge in [-0.1, -0.05) is 19.3 Å². The zero-order valence-electron chi connectivity index (χ0n) is 11.6. The van der Waals surface area contributed by atoms with Crippen LogP contribution in [0.25, 0.3) is 11.2 Å². The number of hydrogen-bond donors (Lipinski definition) is 3. The van der Waals surface area contributed by atoms with E-state index in [4.69, 9.17) is 0 Å². The van der Waals surface area contributed by atoms with Crippen LogP contribution in [0.2, 0.25) is 0 Å². The molecule has 6 nitrogen and oxygen atoms in total. The number of aromatic nitrogens is 3. The van der Waals surface area contributed by atoms with Crippen LogP contribution >= 0.6 is 0 Å². The van der Waals surface area contributed by atoms with Gasteiger partial charge in [-0.15, -0.1) is 0 Å². The Balaban J connectivity index is 1.65. The highest BCUT2D eigenvalue weighted by Crippen LogP contribution is 2.27. The van der Waals surface area contributed by atoms with Crippen LogP contribution in [0.3, 0.4) is 0 Å². The van der Waals surface area contributed by atoms with Crippen molar-refractivity contribution in [2.75, 3.05) is 5.32 Å². The van der Waals surface area contributed by atoms with Crippen molar-refractivity contribution in [1.82, 2.24) is 20.3 Å². The molecule has 0 bridgehead atoms. The van der Waals surface area contributed by atoms with Crippen molar-refractivity contribution < 1.29 is 4.79 Å². The average molecular weight is 273 g/mol. The second-order valence-corrected chi connectivity index (χ2v) is 5.67. The van der Waals surface area contributed by atoms with Crippen LogP contribution in [0.5, 0.6) is 0 Å². The summed E-state index contributed by atoms with van der Waals surface area (Å²) in [7, 11) is 0. The van der Waals surface area contributed by atoms with E-state index in [0.29, 0.717) is 5.82 Å². The molecule has 1 aliphatic carbocycles. The van der Waals surface area contributed by atoms with Gasteiger partial charge in [0.25, 0.3) is 0 Å². The van der Waals surface area contributed by atoms with E-state index in [1.807, 2.05) is 6.07 Å². The molecule has 0 spiro atoms. The van der Waals surface area contributed by atoms with E-state index in [9.17, 15) is 4.79 Å². The molecule has 20 heavy (non-hydrogen) atoms. The van der Waals surface area contributed by atoms with E-state index in [0.717, 1.165) is 24.0 Å². The number of rotatable bonds is 2. The van der Waals surface area contributed by atoms with Gasteiger partial charge in [0, 0.05) is 11.7 Å². The molecule has 0 aromatic carbocycles. The zero-order chi connectivity index (χ0) is 14.0. The van der Waals surface area contributed by atoms with Crippen molar-refractivity contribution >= 4 is 23.0 Å². The van der Waals surface area contributed by atoms with Crippen molar-refractivity contribution in [3.63, 3.8) is 0 Å². The van der Waals surface area contributed by atoms with Crippen LogP contribution in [-0.2, 0) is 0 Å². The molecule has 2 aromatic rings. The predicted octanol–water partition coefficient (Wildman–Crippen LogP) is 2.80. The van der Waals surface area contributed by atoms with E-state index >= 15 is 0 Å². The number of amides is 2. The maximum absolute atomic E-state index is 12.1. The first kappa shape index (κ1) is 12.9. The summed E-state index contributed by atoms with van der Waals surface area (Å²) in [6.45, 7) is 2.10. The van der Waals surface area contributed by atoms with Gasteiger partial charge in [0.05, 0.1) is 6.20 Å². The number of H-pyrrole nitrogens is 1. The smallest absolute Gasteiger partial charge is 0.320 e. The predicted molar refractivity (Wildman–Crippen MR) is 77.5 cm³/mol. The molecule has 3 rings (SSSR count). The number of nitrogens with one attached hydrogen (secondary N) is 3. The van der Waals surface area contributed by atoms with Crippen LogP contribution in [0, 0.1) is 0 Å². The van der Waals surface area contributed by atoms with Gasteiger partial charge in [0.2, 0.25) is 0 Å². The zero-order valence-corrected chi connectivity index (χ0v) is 11.6. The lowest BCUT2D eigenvalue weighted by atomic mass is 9.83. The lowest BCUT2D eigenvalue weighted by Crippen LogP contribution is -2.49. The van der Waals surface area contributed by atoms with Gasteiger partial charge in [-0.25, -0.2) is 14.8 Å². The number of carbonyl (C=O) groups is 1. The van der Waals surface area contributed by atoms with Gasteiger partial charge in [-0.3, -0.25) is 5.32 Å².